The van der Waals surface area contributed by atoms with Gasteiger partial charge in [-0.3, -0.25) is 4.98 Å². The fourth-order valence-corrected chi connectivity index (χ4v) is 3.61. The van der Waals surface area contributed by atoms with Gasteiger partial charge in [0.1, 0.15) is 0 Å². The molecule has 0 aliphatic heterocycles. The van der Waals surface area contributed by atoms with Crippen molar-refractivity contribution >= 4 is 17.5 Å². The molecule has 0 spiro atoms. The lowest BCUT2D eigenvalue weighted by atomic mass is 10.0. The smallest absolute Gasteiger partial charge is 0.229 e. The van der Waals surface area contributed by atoms with Crippen molar-refractivity contribution in [3.05, 3.63) is 66.1 Å². The molecular weight excluding hydrogens is 418 g/mol. The Hall–Kier alpha value is -3.56. The van der Waals surface area contributed by atoms with Gasteiger partial charge in [-0.05, 0) is 35.6 Å². The zero-order valence-corrected chi connectivity index (χ0v) is 19.0. The Kier molecular flexibility index (Phi) is 6.81. The first-order chi connectivity index (χ1) is 16.0. The number of benzene rings is 1. The average Bonchev–Trinajstić information content (AvgIpc) is 3.26. The molecule has 0 fully saturated rings. The van der Waals surface area contributed by atoms with E-state index in [0.717, 1.165) is 22.3 Å². The second-order valence-corrected chi connectivity index (χ2v) is 8.29. The molecule has 0 saturated carbocycles. The summed E-state index contributed by atoms with van der Waals surface area (Å²) in [4.78, 5) is 13.5. The third-order valence-corrected chi connectivity index (χ3v) is 5.54. The van der Waals surface area contributed by atoms with Crippen molar-refractivity contribution < 1.29 is 10.2 Å². The number of rotatable bonds is 9. The number of aliphatic hydroxyl groups excluding tert-OH is 2. The van der Waals surface area contributed by atoms with Crippen LogP contribution in [0.2, 0.25) is 0 Å². The van der Waals surface area contributed by atoms with Crippen molar-refractivity contribution in [3.8, 4) is 11.1 Å². The number of hydrogen-bond acceptors (Lipinski definition) is 8. The van der Waals surface area contributed by atoms with E-state index in [1.165, 1.54) is 0 Å². The molecular formula is C24H29N7O2. The summed E-state index contributed by atoms with van der Waals surface area (Å²) < 4.78 is 1.68. The standard InChI is InChI=1S/C24H29N7O2/c1-15(2)20-13-27-31-22(20)29-23(28-21(14-32)16(3)33)30-24(31)26-12-18-11-25-10-9-19(18)17-7-5-4-6-8-17/h4-11,13,15-16,21,32-33H,12,14H2,1-3H3,(H2,26,28,29,30)/t16-,21-/m1/s1. The van der Waals surface area contributed by atoms with Gasteiger partial charge in [0, 0.05) is 24.5 Å². The summed E-state index contributed by atoms with van der Waals surface area (Å²) >= 11 is 0. The van der Waals surface area contributed by atoms with Crippen LogP contribution >= 0.6 is 0 Å². The minimum absolute atomic E-state index is 0.214. The lowest BCUT2D eigenvalue weighted by molar-refractivity contribution is 0.132. The van der Waals surface area contributed by atoms with Gasteiger partial charge in [-0.2, -0.15) is 19.6 Å². The maximum Gasteiger partial charge on any atom is 0.229 e. The minimum atomic E-state index is -0.774. The van der Waals surface area contributed by atoms with Gasteiger partial charge < -0.3 is 20.8 Å². The van der Waals surface area contributed by atoms with E-state index in [0.29, 0.717) is 24.1 Å². The van der Waals surface area contributed by atoms with E-state index >= 15 is 0 Å². The Labute approximate surface area is 192 Å². The zero-order valence-electron chi connectivity index (χ0n) is 19.0. The van der Waals surface area contributed by atoms with Crippen LogP contribution in [0.25, 0.3) is 16.8 Å². The maximum absolute atomic E-state index is 9.93. The molecule has 3 aromatic heterocycles. The van der Waals surface area contributed by atoms with E-state index in [4.69, 9.17) is 0 Å². The maximum atomic E-state index is 9.93. The molecule has 0 aliphatic rings. The van der Waals surface area contributed by atoms with Crippen LogP contribution in [0.15, 0.2) is 55.0 Å². The molecule has 0 unspecified atom stereocenters. The fraction of sp³-hybridized carbons (Fsp3) is 0.333. The number of pyridine rings is 1. The number of nitrogens with zero attached hydrogens (tertiary/aromatic N) is 5. The molecule has 4 rings (SSSR count). The van der Waals surface area contributed by atoms with Crippen LogP contribution in [-0.4, -0.2) is 53.5 Å². The van der Waals surface area contributed by atoms with Crippen LogP contribution in [0, 0.1) is 0 Å². The summed E-state index contributed by atoms with van der Waals surface area (Å²) in [6.45, 7) is 5.99. The Morgan fingerprint density at radius 2 is 1.82 bits per heavy atom. The predicted octanol–water partition coefficient (Wildman–Crippen LogP) is 3.08. The largest absolute Gasteiger partial charge is 0.394 e. The van der Waals surface area contributed by atoms with Crippen LogP contribution in [0.5, 0.6) is 0 Å². The molecule has 4 N–H and O–H groups in total. The van der Waals surface area contributed by atoms with Crippen LogP contribution in [-0.2, 0) is 6.54 Å². The van der Waals surface area contributed by atoms with Crippen molar-refractivity contribution in [1.29, 1.82) is 0 Å². The monoisotopic (exact) mass is 447 g/mol. The summed E-state index contributed by atoms with van der Waals surface area (Å²) in [5, 5.41) is 30.5. The molecule has 0 amide bonds. The molecule has 9 nitrogen and oxygen atoms in total. The van der Waals surface area contributed by atoms with Crippen LogP contribution < -0.4 is 10.6 Å². The summed E-state index contributed by atoms with van der Waals surface area (Å²) in [6, 6.07) is 11.5. The van der Waals surface area contributed by atoms with Gasteiger partial charge in [-0.1, -0.05) is 44.2 Å². The molecule has 0 radical (unpaired) electrons. The van der Waals surface area contributed by atoms with Crippen LogP contribution in [0.3, 0.4) is 0 Å². The van der Waals surface area contributed by atoms with Crippen LogP contribution in [0.1, 0.15) is 37.8 Å². The third kappa shape index (κ3) is 4.94. The van der Waals surface area contributed by atoms with E-state index in [9.17, 15) is 10.2 Å². The van der Waals surface area contributed by atoms with Crippen molar-refractivity contribution in [2.75, 3.05) is 17.2 Å². The van der Waals surface area contributed by atoms with Crippen molar-refractivity contribution in [3.63, 3.8) is 0 Å². The number of anilines is 2. The minimum Gasteiger partial charge on any atom is -0.394 e. The number of nitrogens with one attached hydrogen (secondary N) is 2. The molecule has 1 aromatic carbocycles. The summed E-state index contributed by atoms with van der Waals surface area (Å²) in [5.74, 6) is 1.02. The highest BCUT2D eigenvalue weighted by atomic mass is 16.3. The van der Waals surface area contributed by atoms with Gasteiger partial charge in [-0.15, -0.1) is 0 Å². The highest BCUT2D eigenvalue weighted by Crippen LogP contribution is 2.25. The van der Waals surface area contributed by atoms with Gasteiger partial charge in [0.2, 0.25) is 11.9 Å². The van der Waals surface area contributed by atoms with E-state index in [2.05, 4.69) is 56.7 Å². The first-order valence-electron chi connectivity index (χ1n) is 11.0. The van der Waals surface area contributed by atoms with Gasteiger partial charge in [0.05, 0.1) is 24.9 Å². The topological polar surface area (TPSA) is 120 Å². The quantitative estimate of drug-likeness (QED) is 0.309. The number of aromatic nitrogens is 5. The summed E-state index contributed by atoms with van der Waals surface area (Å²) in [6.07, 6.45) is 4.64. The number of fused-ring (bicyclic) bond motifs is 1. The highest BCUT2D eigenvalue weighted by molar-refractivity contribution is 5.67. The molecule has 0 saturated heterocycles. The Balaban J connectivity index is 1.69. The molecule has 2 atom stereocenters. The first-order valence-corrected chi connectivity index (χ1v) is 11.0. The highest BCUT2D eigenvalue weighted by Gasteiger charge is 2.19. The van der Waals surface area contributed by atoms with Gasteiger partial charge in [0.15, 0.2) is 5.65 Å². The van der Waals surface area contributed by atoms with E-state index in [1.54, 1.807) is 23.8 Å². The predicted molar refractivity (Wildman–Crippen MR) is 128 cm³/mol. The van der Waals surface area contributed by atoms with Crippen molar-refractivity contribution in [1.82, 2.24) is 24.6 Å². The molecule has 0 bridgehead atoms. The van der Waals surface area contributed by atoms with Gasteiger partial charge in [0.25, 0.3) is 0 Å². The molecule has 33 heavy (non-hydrogen) atoms. The Bertz CT molecular complexity index is 1210. The van der Waals surface area contributed by atoms with Gasteiger partial charge in [-0.25, -0.2) is 0 Å². The molecule has 3 heterocycles. The van der Waals surface area contributed by atoms with E-state index < -0.39 is 12.1 Å². The fourth-order valence-electron chi connectivity index (χ4n) is 3.61. The molecule has 4 aromatic rings. The number of aliphatic hydroxyl groups is 2. The van der Waals surface area contributed by atoms with Gasteiger partial charge >= 0.3 is 0 Å². The third-order valence-electron chi connectivity index (χ3n) is 5.54. The van der Waals surface area contributed by atoms with E-state index in [-0.39, 0.29) is 12.5 Å². The lowest BCUT2D eigenvalue weighted by Crippen LogP contribution is -2.35. The van der Waals surface area contributed by atoms with Crippen molar-refractivity contribution in [2.24, 2.45) is 0 Å². The summed E-state index contributed by atoms with van der Waals surface area (Å²) in [7, 11) is 0. The second-order valence-electron chi connectivity index (χ2n) is 8.29. The molecule has 9 heteroatoms. The Morgan fingerprint density at radius 3 is 2.52 bits per heavy atom. The Morgan fingerprint density at radius 1 is 1.03 bits per heavy atom. The van der Waals surface area contributed by atoms with E-state index in [1.807, 2.05) is 30.5 Å². The van der Waals surface area contributed by atoms with Crippen molar-refractivity contribution in [2.45, 2.75) is 45.4 Å². The zero-order chi connectivity index (χ0) is 23.4. The lowest BCUT2D eigenvalue weighted by Gasteiger charge is -2.20. The summed E-state index contributed by atoms with van der Waals surface area (Å²) in [5.41, 5.74) is 4.85. The number of hydrogen-bond donors (Lipinski definition) is 4. The first kappa shape index (κ1) is 22.6. The normalized spacial score (nSPS) is 13.3. The average molecular weight is 448 g/mol. The molecule has 172 valence electrons. The second kappa shape index (κ2) is 9.93. The SMILES string of the molecule is CC(C)c1cnn2c(NCc3cnccc3-c3ccccc3)nc(N[C@H](CO)[C@@H](C)O)nc12. The van der Waals surface area contributed by atoms with Crippen LogP contribution in [0.4, 0.5) is 11.9 Å². The molecule has 0 aliphatic carbocycles.